The molecule has 1 fully saturated rings. The summed E-state index contributed by atoms with van der Waals surface area (Å²) in [7, 11) is 0. The van der Waals surface area contributed by atoms with Crippen LogP contribution in [0.25, 0.3) is 0 Å². The molecule has 0 amide bonds. The number of hydrogen-bond acceptors (Lipinski definition) is 2. The highest BCUT2D eigenvalue weighted by atomic mass is 32.1. The Morgan fingerprint density at radius 1 is 1.40 bits per heavy atom. The maximum atomic E-state index is 5.79. The van der Waals surface area contributed by atoms with Crippen LogP contribution in [0.2, 0.25) is 0 Å². The monoisotopic (exact) mass is 228 g/mol. The minimum atomic E-state index is 0.329. The topological polar surface area (TPSA) is 29.3 Å². The van der Waals surface area contributed by atoms with Gasteiger partial charge in [0.2, 0.25) is 0 Å². The summed E-state index contributed by atoms with van der Waals surface area (Å²) in [6.07, 6.45) is 6.36. The van der Waals surface area contributed by atoms with E-state index < -0.39 is 0 Å². The first-order valence-corrected chi connectivity index (χ1v) is 6.63. The standard InChI is InChI=1S/C12H24N2S/c1-3-10-6-5-8-14(9-7-10)11(4-2)12(13)15/h10-11H,3-9H2,1-2H3,(H2,13,15). The molecule has 2 unspecified atom stereocenters. The fourth-order valence-electron chi connectivity index (χ4n) is 2.55. The van der Waals surface area contributed by atoms with Gasteiger partial charge in [-0.2, -0.15) is 0 Å². The first-order chi connectivity index (χ1) is 7.19. The van der Waals surface area contributed by atoms with E-state index in [2.05, 4.69) is 18.7 Å². The molecule has 2 N–H and O–H groups in total. The third-order valence-corrected chi connectivity index (χ3v) is 3.89. The molecule has 0 aliphatic carbocycles. The van der Waals surface area contributed by atoms with Crippen LogP contribution in [0.3, 0.4) is 0 Å². The lowest BCUT2D eigenvalue weighted by atomic mass is 9.98. The average molecular weight is 228 g/mol. The maximum Gasteiger partial charge on any atom is 0.0901 e. The third kappa shape index (κ3) is 3.72. The van der Waals surface area contributed by atoms with Crippen LogP contribution in [-0.2, 0) is 0 Å². The van der Waals surface area contributed by atoms with Gasteiger partial charge in [0.1, 0.15) is 0 Å². The Morgan fingerprint density at radius 3 is 2.67 bits per heavy atom. The molecule has 15 heavy (non-hydrogen) atoms. The van der Waals surface area contributed by atoms with Gasteiger partial charge in [-0.25, -0.2) is 0 Å². The Bertz CT molecular complexity index is 206. The molecule has 0 radical (unpaired) electrons. The summed E-state index contributed by atoms with van der Waals surface area (Å²) in [6, 6.07) is 0.329. The molecule has 0 aromatic carbocycles. The lowest BCUT2D eigenvalue weighted by Crippen LogP contribution is -2.43. The number of hydrogen-bond donors (Lipinski definition) is 1. The van der Waals surface area contributed by atoms with E-state index in [1.165, 1.54) is 38.8 Å². The van der Waals surface area contributed by atoms with Crippen molar-refractivity contribution in [2.75, 3.05) is 13.1 Å². The Kier molecular flexibility index (Phi) is 5.54. The molecule has 1 aliphatic rings. The Balaban J connectivity index is 2.51. The van der Waals surface area contributed by atoms with E-state index in [9.17, 15) is 0 Å². The van der Waals surface area contributed by atoms with Gasteiger partial charge in [0, 0.05) is 0 Å². The second-order valence-corrected chi connectivity index (χ2v) is 5.04. The molecular formula is C12H24N2S. The van der Waals surface area contributed by atoms with Gasteiger partial charge in [-0.15, -0.1) is 0 Å². The SMILES string of the molecule is CCC1CCCN(C(CC)C(N)=S)CC1. The summed E-state index contributed by atoms with van der Waals surface area (Å²) in [5, 5.41) is 0. The summed E-state index contributed by atoms with van der Waals surface area (Å²) in [6.45, 7) is 6.82. The fourth-order valence-corrected chi connectivity index (χ4v) is 2.86. The highest BCUT2D eigenvalue weighted by molar-refractivity contribution is 7.80. The van der Waals surface area contributed by atoms with Gasteiger partial charge in [0.05, 0.1) is 11.0 Å². The normalized spacial score (nSPS) is 25.9. The average Bonchev–Trinajstić information content (AvgIpc) is 2.44. The zero-order valence-corrected chi connectivity index (χ0v) is 10.9. The molecule has 0 spiro atoms. The van der Waals surface area contributed by atoms with Crippen molar-refractivity contribution in [3.8, 4) is 0 Å². The van der Waals surface area contributed by atoms with Crippen molar-refractivity contribution in [1.29, 1.82) is 0 Å². The van der Waals surface area contributed by atoms with Gasteiger partial charge >= 0.3 is 0 Å². The van der Waals surface area contributed by atoms with Crippen molar-refractivity contribution >= 4 is 17.2 Å². The van der Waals surface area contributed by atoms with Crippen LogP contribution in [0.1, 0.15) is 46.0 Å². The smallest absolute Gasteiger partial charge is 0.0901 e. The molecule has 2 nitrogen and oxygen atoms in total. The van der Waals surface area contributed by atoms with E-state index in [1.807, 2.05) is 0 Å². The Hall–Kier alpha value is -0.150. The molecule has 1 saturated heterocycles. The zero-order valence-electron chi connectivity index (χ0n) is 10.0. The van der Waals surface area contributed by atoms with E-state index in [0.717, 1.165) is 12.3 Å². The first-order valence-electron chi connectivity index (χ1n) is 6.22. The van der Waals surface area contributed by atoms with Crippen molar-refractivity contribution in [2.45, 2.75) is 52.0 Å². The Labute approximate surface area is 99.2 Å². The quantitative estimate of drug-likeness (QED) is 0.750. The Morgan fingerprint density at radius 2 is 2.13 bits per heavy atom. The van der Waals surface area contributed by atoms with E-state index in [1.54, 1.807) is 0 Å². The summed E-state index contributed by atoms with van der Waals surface area (Å²) in [5.41, 5.74) is 5.79. The van der Waals surface area contributed by atoms with Gasteiger partial charge in [-0.05, 0) is 44.7 Å². The van der Waals surface area contributed by atoms with Crippen molar-refractivity contribution in [3.05, 3.63) is 0 Å². The van der Waals surface area contributed by atoms with Crippen LogP contribution in [0.4, 0.5) is 0 Å². The summed E-state index contributed by atoms with van der Waals surface area (Å²) < 4.78 is 0. The van der Waals surface area contributed by atoms with E-state index >= 15 is 0 Å². The lowest BCUT2D eigenvalue weighted by Gasteiger charge is -2.28. The molecule has 0 bridgehead atoms. The molecule has 1 rings (SSSR count). The molecule has 88 valence electrons. The molecule has 2 atom stereocenters. The molecule has 3 heteroatoms. The number of rotatable bonds is 4. The number of nitrogens with two attached hydrogens (primary N) is 1. The van der Waals surface area contributed by atoms with Crippen molar-refractivity contribution in [3.63, 3.8) is 0 Å². The minimum absolute atomic E-state index is 0.329. The predicted octanol–water partition coefficient (Wildman–Crippen LogP) is 2.56. The van der Waals surface area contributed by atoms with Gasteiger partial charge in [-0.3, -0.25) is 4.90 Å². The fraction of sp³-hybridized carbons (Fsp3) is 0.917. The maximum absolute atomic E-state index is 5.79. The van der Waals surface area contributed by atoms with Crippen LogP contribution in [0.15, 0.2) is 0 Å². The summed E-state index contributed by atoms with van der Waals surface area (Å²) >= 11 is 5.14. The third-order valence-electron chi connectivity index (χ3n) is 3.62. The van der Waals surface area contributed by atoms with E-state index in [-0.39, 0.29) is 0 Å². The van der Waals surface area contributed by atoms with Crippen molar-refractivity contribution < 1.29 is 0 Å². The minimum Gasteiger partial charge on any atom is -0.392 e. The summed E-state index contributed by atoms with van der Waals surface area (Å²) in [5.74, 6) is 0.916. The largest absolute Gasteiger partial charge is 0.392 e. The van der Waals surface area contributed by atoms with Gasteiger partial charge in [0.15, 0.2) is 0 Å². The van der Waals surface area contributed by atoms with Crippen molar-refractivity contribution in [1.82, 2.24) is 4.90 Å². The second kappa shape index (κ2) is 6.44. The number of likely N-dealkylation sites (tertiary alicyclic amines) is 1. The molecule has 0 aromatic rings. The number of thiocarbonyl (C=S) groups is 1. The van der Waals surface area contributed by atoms with Crippen molar-refractivity contribution in [2.24, 2.45) is 11.7 Å². The van der Waals surface area contributed by atoms with Crippen LogP contribution in [0, 0.1) is 5.92 Å². The second-order valence-electron chi connectivity index (χ2n) is 4.57. The highest BCUT2D eigenvalue weighted by Gasteiger charge is 2.22. The van der Waals surface area contributed by atoms with E-state index in [4.69, 9.17) is 18.0 Å². The molecule has 1 heterocycles. The molecule has 0 aromatic heterocycles. The van der Waals surface area contributed by atoms with Crippen LogP contribution < -0.4 is 5.73 Å². The lowest BCUT2D eigenvalue weighted by molar-refractivity contribution is 0.243. The van der Waals surface area contributed by atoms with Gasteiger partial charge in [0.25, 0.3) is 0 Å². The van der Waals surface area contributed by atoms with E-state index in [0.29, 0.717) is 11.0 Å². The predicted molar refractivity (Wildman–Crippen MR) is 70.1 cm³/mol. The highest BCUT2D eigenvalue weighted by Crippen LogP contribution is 2.22. The van der Waals surface area contributed by atoms with Gasteiger partial charge in [-0.1, -0.05) is 32.5 Å². The van der Waals surface area contributed by atoms with Crippen LogP contribution in [0.5, 0.6) is 0 Å². The van der Waals surface area contributed by atoms with Crippen LogP contribution >= 0.6 is 12.2 Å². The zero-order chi connectivity index (χ0) is 11.3. The summed E-state index contributed by atoms with van der Waals surface area (Å²) in [4.78, 5) is 3.16. The van der Waals surface area contributed by atoms with Crippen LogP contribution in [-0.4, -0.2) is 29.0 Å². The molecular weight excluding hydrogens is 204 g/mol. The first kappa shape index (κ1) is 12.9. The van der Waals surface area contributed by atoms with Gasteiger partial charge < -0.3 is 5.73 Å². The number of nitrogens with zero attached hydrogens (tertiary/aromatic N) is 1. The molecule has 0 saturated carbocycles. The molecule has 1 aliphatic heterocycles.